The number of rotatable bonds is 6. The van der Waals surface area contributed by atoms with Gasteiger partial charge in [-0.1, -0.05) is 55.5 Å². The van der Waals surface area contributed by atoms with Crippen molar-refractivity contribution < 1.29 is 9.53 Å². The zero-order valence-electron chi connectivity index (χ0n) is 16.5. The van der Waals surface area contributed by atoms with E-state index in [0.29, 0.717) is 24.0 Å². The molecule has 152 valence electrons. The molecule has 0 unspecified atom stereocenters. The number of fused-ring (bicyclic) bond motifs is 1. The number of nitrogens with one attached hydrogen (secondary N) is 1. The van der Waals surface area contributed by atoms with E-state index in [0.717, 1.165) is 27.8 Å². The highest BCUT2D eigenvalue weighted by atomic mass is 79.9. The van der Waals surface area contributed by atoms with Crippen molar-refractivity contribution >= 4 is 56.0 Å². The molecule has 4 nitrogen and oxygen atoms in total. The summed E-state index contributed by atoms with van der Waals surface area (Å²) in [4.78, 5) is 14.1. The van der Waals surface area contributed by atoms with E-state index in [1.807, 2.05) is 49.4 Å². The topological polar surface area (TPSA) is 41.6 Å². The number of carbonyl (C=O) groups excluding carboxylic acids is 1. The molecular weight excluding hydrogens is 460 g/mol. The van der Waals surface area contributed by atoms with Gasteiger partial charge in [0.2, 0.25) is 0 Å². The van der Waals surface area contributed by atoms with Crippen molar-refractivity contribution in [3.8, 4) is 5.75 Å². The second-order valence-corrected chi connectivity index (χ2v) is 8.30. The summed E-state index contributed by atoms with van der Waals surface area (Å²) in [6.45, 7) is 3.11. The summed E-state index contributed by atoms with van der Waals surface area (Å²) >= 11 is 8.85. The Labute approximate surface area is 189 Å². The molecule has 1 aliphatic rings. The first kappa shape index (κ1) is 20.6. The molecule has 0 saturated carbocycles. The number of amides is 1. The number of ether oxygens (including phenoxy) is 1. The molecule has 0 bridgehead atoms. The van der Waals surface area contributed by atoms with Gasteiger partial charge in [0.25, 0.3) is 5.91 Å². The molecule has 0 atom stereocenters. The first-order valence-corrected chi connectivity index (χ1v) is 11.0. The fourth-order valence-electron chi connectivity index (χ4n) is 3.46. The van der Waals surface area contributed by atoms with Crippen LogP contribution < -0.4 is 10.1 Å². The van der Waals surface area contributed by atoms with E-state index in [1.54, 1.807) is 4.90 Å². The van der Waals surface area contributed by atoms with E-state index < -0.39 is 0 Å². The van der Waals surface area contributed by atoms with E-state index >= 15 is 0 Å². The fourth-order valence-corrected chi connectivity index (χ4v) is 4.26. The number of carbonyl (C=O) groups is 1. The lowest BCUT2D eigenvalue weighted by Crippen LogP contribution is -2.31. The van der Waals surface area contributed by atoms with Gasteiger partial charge in [0.15, 0.2) is 5.11 Å². The van der Waals surface area contributed by atoms with Crippen LogP contribution in [0.3, 0.4) is 0 Å². The van der Waals surface area contributed by atoms with E-state index in [1.165, 1.54) is 10.8 Å². The number of halogens is 1. The molecule has 1 heterocycles. The number of hydrogen-bond donors (Lipinski definition) is 1. The fraction of sp³-hybridized carbons (Fsp3) is 0.167. The lowest BCUT2D eigenvalue weighted by molar-refractivity contribution is -0.122. The maximum absolute atomic E-state index is 12.5. The highest BCUT2D eigenvalue weighted by molar-refractivity contribution is 9.10. The normalized spacial score (nSPS) is 15.1. The summed E-state index contributed by atoms with van der Waals surface area (Å²) in [7, 11) is 0. The molecule has 3 aromatic rings. The molecule has 1 fully saturated rings. The van der Waals surface area contributed by atoms with Crippen LogP contribution in [0.5, 0.6) is 5.75 Å². The van der Waals surface area contributed by atoms with Crippen molar-refractivity contribution in [3.05, 3.63) is 82.0 Å². The van der Waals surface area contributed by atoms with E-state index in [2.05, 4.69) is 45.5 Å². The summed E-state index contributed by atoms with van der Waals surface area (Å²) < 4.78 is 6.89. The molecule has 3 aromatic carbocycles. The first-order chi connectivity index (χ1) is 14.6. The molecule has 6 heteroatoms. The molecule has 4 rings (SSSR count). The van der Waals surface area contributed by atoms with Gasteiger partial charge in [0.1, 0.15) is 18.1 Å². The summed E-state index contributed by atoms with van der Waals surface area (Å²) in [6.07, 6.45) is 2.67. The lowest BCUT2D eigenvalue weighted by atomic mass is 10.1. The lowest BCUT2D eigenvalue weighted by Gasteiger charge is -2.11. The van der Waals surface area contributed by atoms with E-state index in [-0.39, 0.29) is 5.91 Å². The second-order valence-electron chi connectivity index (χ2n) is 7.06. The smallest absolute Gasteiger partial charge is 0.276 e. The highest BCUT2D eigenvalue weighted by Gasteiger charge is 2.29. The Kier molecular flexibility index (Phi) is 6.16. The Hall–Kier alpha value is -2.70. The molecular formula is C24H21BrN2O2S. The minimum Gasteiger partial charge on any atom is -0.488 e. The number of thiocarbonyl (C=S) groups is 1. The van der Waals surface area contributed by atoms with Gasteiger partial charge >= 0.3 is 0 Å². The van der Waals surface area contributed by atoms with Gasteiger partial charge < -0.3 is 10.1 Å². The molecule has 1 saturated heterocycles. The number of hydrogen-bond acceptors (Lipinski definition) is 3. The predicted octanol–water partition coefficient (Wildman–Crippen LogP) is 5.65. The standard InChI is InChI=1S/C24H21BrN2O2S/c1-2-12-27-23(28)21(26-24(27)30)14-16-10-11-22(20(25)13-16)29-15-18-8-5-7-17-6-3-4-9-19(17)18/h3-11,13-14H,2,12,15H2,1H3,(H,26,30)/b21-14-. The van der Waals surface area contributed by atoms with Crippen molar-refractivity contribution in [1.29, 1.82) is 0 Å². The molecule has 1 amide bonds. The van der Waals surface area contributed by atoms with Crippen LogP contribution in [0.1, 0.15) is 24.5 Å². The molecule has 0 aliphatic carbocycles. The third kappa shape index (κ3) is 4.25. The summed E-state index contributed by atoms with van der Waals surface area (Å²) in [5.41, 5.74) is 2.51. The quantitative estimate of drug-likeness (QED) is 0.365. The Morgan fingerprint density at radius 3 is 2.73 bits per heavy atom. The average Bonchev–Trinajstić information content (AvgIpc) is 3.01. The highest BCUT2D eigenvalue weighted by Crippen LogP contribution is 2.29. The van der Waals surface area contributed by atoms with Crippen LogP contribution >= 0.6 is 28.1 Å². The zero-order chi connectivity index (χ0) is 21.1. The molecule has 1 aliphatic heterocycles. The molecule has 0 radical (unpaired) electrons. The predicted molar refractivity (Wildman–Crippen MR) is 128 cm³/mol. The number of nitrogens with zero attached hydrogens (tertiary/aromatic N) is 1. The largest absolute Gasteiger partial charge is 0.488 e. The zero-order valence-corrected chi connectivity index (χ0v) is 18.9. The summed E-state index contributed by atoms with van der Waals surface area (Å²) in [5.74, 6) is 0.660. The Bertz CT molecular complexity index is 1150. The van der Waals surface area contributed by atoms with Gasteiger partial charge in [-0.25, -0.2) is 0 Å². The summed E-state index contributed by atoms with van der Waals surface area (Å²) in [5, 5.41) is 5.86. The van der Waals surface area contributed by atoms with Crippen molar-refractivity contribution in [2.45, 2.75) is 20.0 Å². The summed E-state index contributed by atoms with van der Waals surface area (Å²) in [6, 6.07) is 20.3. The molecule has 30 heavy (non-hydrogen) atoms. The van der Waals surface area contributed by atoms with E-state index in [4.69, 9.17) is 17.0 Å². The van der Waals surface area contributed by atoms with Crippen molar-refractivity contribution in [1.82, 2.24) is 10.2 Å². The van der Waals surface area contributed by atoms with Gasteiger partial charge in [0.05, 0.1) is 4.47 Å². The minimum atomic E-state index is -0.0887. The van der Waals surface area contributed by atoms with Crippen LogP contribution in [0.4, 0.5) is 0 Å². The van der Waals surface area contributed by atoms with Crippen LogP contribution in [0.2, 0.25) is 0 Å². The molecule has 0 spiro atoms. The van der Waals surface area contributed by atoms with Gasteiger partial charge in [-0.05, 0) is 74.7 Å². The molecule has 1 N–H and O–H groups in total. The SMILES string of the molecule is CCCN1C(=O)/C(=C/c2ccc(OCc3cccc4ccccc34)c(Br)c2)NC1=S. The minimum absolute atomic E-state index is 0.0887. The van der Waals surface area contributed by atoms with Gasteiger partial charge in [-0.3, -0.25) is 9.69 Å². The second kappa shape index (κ2) is 8.98. The maximum Gasteiger partial charge on any atom is 0.276 e. The van der Waals surface area contributed by atoms with Crippen molar-refractivity contribution in [2.75, 3.05) is 6.54 Å². The first-order valence-electron chi connectivity index (χ1n) is 9.80. The molecule has 0 aromatic heterocycles. The average molecular weight is 481 g/mol. The van der Waals surface area contributed by atoms with Crippen LogP contribution in [-0.2, 0) is 11.4 Å². The third-order valence-electron chi connectivity index (χ3n) is 4.94. The Morgan fingerprint density at radius 2 is 1.93 bits per heavy atom. The number of benzene rings is 3. The van der Waals surface area contributed by atoms with Crippen LogP contribution in [-0.4, -0.2) is 22.5 Å². The Balaban J connectivity index is 1.50. The van der Waals surface area contributed by atoms with Crippen LogP contribution in [0.15, 0.2) is 70.8 Å². The van der Waals surface area contributed by atoms with Crippen molar-refractivity contribution in [3.63, 3.8) is 0 Å². The van der Waals surface area contributed by atoms with Gasteiger partial charge in [0, 0.05) is 6.54 Å². The van der Waals surface area contributed by atoms with Crippen molar-refractivity contribution in [2.24, 2.45) is 0 Å². The van der Waals surface area contributed by atoms with Gasteiger partial charge in [-0.15, -0.1) is 0 Å². The van der Waals surface area contributed by atoms with Gasteiger partial charge in [-0.2, -0.15) is 0 Å². The van der Waals surface area contributed by atoms with Crippen LogP contribution in [0, 0.1) is 0 Å². The van der Waals surface area contributed by atoms with Crippen LogP contribution in [0.25, 0.3) is 16.8 Å². The third-order valence-corrected chi connectivity index (χ3v) is 5.88. The maximum atomic E-state index is 12.5. The Morgan fingerprint density at radius 1 is 1.13 bits per heavy atom. The van der Waals surface area contributed by atoms with E-state index in [9.17, 15) is 4.79 Å². The monoisotopic (exact) mass is 480 g/mol.